The Morgan fingerprint density at radius 1 is 1.05 bits per heavy atom. The summed E-state index contributed by atoms with van der Waals surface area (Å²) in [6.07, 6.45) is 0. The summed E-state index contributed by atoms with van der Waals surface area (Å²) < 4.78 is 35.4. The molecule has 8 nitrogen and oxygen atoms in total. The molecule has 1 aromatic rings. The van der Waals surface area contributed by atoms with E-state index in [1.807, 2.05) is 18.2 Å². The Bertz CT molecular complexity index is 433. The molecule has 0 saturated heterocycles. The smallest absolute Gasteiger partial charge is 0.496 e. The molecule has 0 aromatic heterocycles. The minimum absolute atomic E-state index is 0. The summed E-state index contributed by atoms with van der Waals surface area (Å²) in [5.41, 5.74) is 1.32. The van der Waals surface area contributed by atoms with Crippen molar-refractivity contribution in [2.45, 2.75) is 6.92 Å². The molecule has 0 N–H and O–H groups in total. The van der Waals surface area contributed by atoms with E-state index in [1.165, 1.54) is 5.56 Å². The molecule has 0 saturated carbocycles. The summed E-state index contributed by atoms with van der Waals surface area (Å²) >= 11 is 0. The van der Waals surface area contributed by atoms with E-state index >= 15 is 0 Å². The number of rotatable bonds is 4. The molecule has 1 rings (SSSR count). The van der Waals surface area contributed by atoms with Crippen LogP contribution in [-0.2, 0) is 43.4 Å². The molecular weight excluding hydrogens is 500 g/mol. The Labute approximate surface area is 125 Å². The Balaban J connectivity index is 0. The van der Waals surface area contributed by atoms with Gasteiger partial charge >= 0.3 is 24.3 Å². The number of benzene rings is 1. The second kappa shape index (κ2) is 10.9. The van der Waals surface area contributed by atoms with Crippen molar-refractivity contribution in [2.24, 2.45) is 0 Å². The van der Waals surface area contributed by atoms with Crippen LogP contribution in [0.3, 0.4) is 0 Å². The van der Waals surface area contributed by atoms with Gasteiger partial charge in [-0.2, -0.15) is 0 Å². The van der Waals surface area contributed by atoms with E-state index in [0.717, 1.165) is 0 Å². The predicted octanol–water partition coefficient (Wildman–Crippen LogP) is 0.516. The third kappa shape index (κ3) is 14.4. The second-order valence-electron chi connectivity index (χ2n) is 2.71. The average Bonchev–Trinajstić information content (AvgIpc) is 2.14. The van der Waals surface area contributed by atoms with Crippen LogP contribution in [0.15, 0.2) is 30.3 Å². The van der Waals surface area contributed by atoms with Gasteiger partial charge in [0.15, 0.2) is 0 Å². The fourth-order valence-electron chi connectivity index (χ4n) is 0.713. The zero-order valence-corrected chi connectivity index (χ0v) is 14.3. The van der Waals surface area contributed by atoms with Crippen molar-refractivity contribution in [3.63, 3.8) is 0 Å². The maximum Gasteiger partial charge on any atom is 0.496 e. The van der Waals surface area contributed by atoms with E-state index in [0.29, 0.717) is 0 Å². The van der Waals surface area contributed by atoms with Crippen LogP contribution >= 0.6 is 24.3 Å². The van der Waals surface area contributed by atoms with Gasteiger partial charge in [0, 0.05) is 21.1 Å². The molecule has 0 aliphatic carbocycles. The van der Waals surface area contributed by atoms with Crippen molar-refractivity contribution in [1.29, 1.82) is 0 Å². The fraction of sp³-hybridized carbons (Fsp3) is 0.143. The minimum Gasteiger partial charge on any atom is -0.750 e. The van der Waals surface area contributed by atoms with Crippen LogP contribution in [0.5, 0.6) is 0 Å². The van der Waals surface area contributed by atoms with E-state index in [9.17, 15) is 28.4 Å². The van der Waals surface area contributed by atoms with Gasteiger partial charge in [-0.15, -0.1) is 0 Å². The Kier molecular flexibility index (Phi) is 12.3. The summed E-state index contributed by atoms with van der Waals surface area (Å²) in [4.78, 5) is 29.2. The summed E-state index contributed by atoms with van der Waals surface area (Å²) in [6, 6.07) is 10.3. The van der Waals surface area contributed by atoms with Gasteiger partial charge in [-0.05, 0) is 16.1 Å². The van der Waals surface area contributed by atoms with Crippen LogP contribution in [0.25, 0.3) is 0 Å². The van der Waals surface area contributed by atoms with Gasteiger partial charge in [-0.3, -0.25) is 4.57 Å². The third-order valence-electron chi connectivity index (χ3n) is 1.27. The molecule has 0 spiro atoms. The maximum atomic E-state index is 10.1. The summed E-state index contributed by atoms with van der Waals surface area (Å²) in [6.45, 7) is 2.08. The van der Waals surface area contributed by atoms with Gasteiger partial charge in [0.2, 0.25) is 0 Å². The maximum absolute atomic E-state index is 10.1. The third-order valence-corrected chi connectivity index (χ3v) is 3.94. The van der Waals surface area contributed by atoms with Gasteiger partial charge in [-0.25, -0.2) is 0 Å². The van der Waals surface area contributed by atoms with Crippen LogP contribution in [0.4, 0.5) is 0 Å². The first-order valence-corrected chi connectivity index (χ1v) is 7.89. The van der Waals surface area contributed by atoms with Crippen LogP contribution in [-0.4, -0.2) is 0 Å². The van der Waals surface area contributed by atoms with E-state index in [2.05, 4.69) is 27.7 Å². The van der Waals surface area contributed by atoms with E-state index in [4.69, 9.17) is 0 Å². The van der Waals surface area contributed by atoms with E-state index in [1.54, 1.807) is 0 Å². The van der Waals surface area contributed by atoms with Crippen molar-refractivity contribution in [3.05, 3.63) is 35.9 Å². The summed E-state index contributed by atoms with van der Waals surface area (Å²) in [5, 5.41) is 0. The summed E-state index contributed by atoms with van der Waals surface area (Å²) in [7, 11) is -12.6. The molecule has 0 heterocycles. The molecule has 0 fully saturated rings. The first-order chi connectivity index (χ1) is 8.23. The molecule has 2 unspecified atom stereocenters. The van der Waals surface area contributed by atoms with Gasteiger partial charge in [0.1, 0.15) is 0 Å². The molecule has 12 heteroatoms. The minimum atomic E-state index is -5.25. The molecule has 0 amide bonds. The largest absolute Gasteiger partial charge is 0.750 e. The molecule has 2 atom stereocenters. The first-order valence-electron chi connectivity index (χ1n) is 4.24. The van der Waals surface area contributed by atoms with Crippen molar-refractivity contribution >= 4 is 24.3 Å². The van der Waals surface area contributed by atoms with Crippen molar-refractivity contribution < 1.29 is 58.1 Å². The molecule has 1 aromatic carbocycles. The molecular formula is C7H8O8P3Pt-. The topological polar surface area (TPSA) is 139 Å². The Hall–Kier alpha value is 0.138. The number of hydrogen-bond acceptors (Lipinski definition) is 8. The Morgan fingerprint density at radius 3 is 1.63 bits per heavy atom. The molecule has 0 aliphatic heterocycles. The van der Waals surface area contributed by atoms with Gasteiger partial charge < -0.3 is 14.7 Å². The zero-order valence-electron chi connectivity index (χ0n) is 9.31. The van der Waals surface area contributed by atoms with Crippen LogP contribution < -0.4 is 14.7 Å². The normalized spacial score (nSPS) is 14.1. The van der Waals surface area contributed by atoms with Crippen LogP contribution in [0.1, 0.15) is 5.56 Å². The van der Waals surface area contributed by atoms with Crippen LogP contribution in [0.2, 0.25) is 0 Å². The standard InChI is InChI=1S/C7H8.HO8P3.Pt/c1-7-5-3-2-4-6-7;1-9(2)7-11(5,6)8-10(3)4;/h2-6H,1H3;(H,5,6);/p-1. The number of hydrogen-bond donors (Lipinski definition) is 0. The SMILES string of the molecule is Cc1ccccc1.O=[P+]([O-])OP(=O)([O-])O[P+](=O)[O-].[Pt]. The van der Waals surface area contributed by atoms with Crippen molar-refractivity contribution in [2.75, 3.05) is 0 Å². The molecule has 110 valence electrons. The van der Waals surface area contributed by atoms with Gasteiger partial charge in [0.25, 0.3) is 0 Å². The van der Waals surface area contributed by atoms with Crippen molar-refractivity contribution in [1.82, 2.24) is 0 Å². The van der Waals surface area contributed by atoms with Gasteiger partial charge in [0.05, 0.1) is 0 Å². The fourth-order valence-corrected chi connectivity index (χ4v) is 2.41. The Morgan fingerprint density at radius 2 is 1.42 bits per heavy atom. The average molecular weight is 508 g/mol. The zero-order chi connectivity index (χ0) is 14.2. The summed E-state index contributed by atoms with van der Waals surface area (Å²) in [5.74, 6) is 0. The quantitative estimate of drug-likeness (QED) is 0.537. The molecule has 0 bridgehead atoms. The molecule has 0 aliphatic rings. The molecule has 19 heavy (non-hydrogen) atoms. The predicted molar refractivity (Wildman–Crippen MR) is 56.2 cm³/mol. The molecule has 0 radical (unpaired) electrons. The monoisotopic (exact) mass is 508 g/mol. The van der Waals surface area contributed by atoms with E-state index < -0.39 is 24.3 Å². The van der Waals surface area contributed by atoms with Crippen LogP contribution in [0, 0.1) is 6.92 Å². The number of phosphoric acid groups is 1. The van der Waals surface area contributed by atoms with E-state index in [-0.39, 0.29) is 21.1 Å². The van der Waals surface area contributed by atoms with Crippen molar-refractivity contribution in [3.8, 4) is 0 Å². The second-order valence-corrected chi connectivity index (χ2v) is 5.81. The first kappa shape index (κ1) is 21.4. The number of aryl methyl sites for hydroxylation is 1. The van der Waals surface area contributed by atoms with Gasteiger partial charge in [-0.1, -0.05) is 44.5 Å².